The molecule has 0 radical (unpaired) electrons. The first-order chi connectivity index (χ1) is 14.0. The van der Waals surface area contributed by atoms with E-state index in [0.29, 0.717) is 18.5 Å². The average Bonchev–Trinajstić information content (AvgIpc) is 3.34. The highest BCUT2D eigenvalue weighted by molar-refractivity contribution is 7.19. The monoisotopic (exact) mass is 405 g/mol. The van der Waals surface area contributed by atoms with Gasteiger partial charge in [0.2, 0.25) is 0 Å². The molecule has 0 N–H and O–H groups in total. The van der Waals surface area contributed by atoms with Crippen molar-refractivity contribution in [3.63, 3.8) is 0 Å². The third kappa shape index (κ3) is 3.03. The summed E-state index contributed by atoms with van der Waals surface area (Å²) in [7, 11) is 3.73. The molecule has 146 valence electrons. The Labute approximate surface area is 170 Å². The second kappa shape index (κ2) is 6.63. The normalized spacial score (nSPS) is 11.7. The van der Waals surface area contributed by atoms with Crippen molar-refractivity contribution < 1.29 is 0 Å². The molecule has 0 unspecified atom stereocenters. The Morgan fingerprint density at radius 2 is 1.97 bits per heavy atom. The second-order valence-corrected chi connectivity index (χ2v) is 8.20. The van der Waals surface area contributed by atoms with Gasteiger partial charge in [-0.15, -0.1) is 11.3 Å². The van der Waals surface area contributed by atoms with Crippen LogP contribution in [0.15, 0.2) is 41.5 Å². The number of aryl methyl sites for hydroxylation is 3. The number of thiazole rings is 1. The van der Waals surface area contributed by atoms with Crippen molar-refractivity contribution in [3.8, 4) is 0 Å². The van der Waals surface area contributed by atoms with E-state index in [1.54, 1.807) is 22.2 Å². The molecule has 0 saturated heterocycles. The lowest BCUT2D eigenvalue weighted by Crippen LogP contribution is -2.24. The molecule has 0 atom stereocenters. The van der Waals surface area contributed by atoms with Crippen LogP contribution in [0, 0.1) is 6.92 Å². The van der Waals surface area contributed by atoms with Gasteiger partial charge in [-0.05, 0) is 25.1 Å². The highest BCUT2D eigenvalue weighted by atomic mass is 32.1. The smallest absolute Gasteiger partial charge is 0.291 e. The first-order valence-electron chi connectivity index (χ1n) is 9.24. The van der Waals surface area contributed by atoms with Gasteiger partial charge in [0.25, 0.3) is 5.56 Å². The molecule has 0 aromatic carbocycles. The van der Waals surface area contributed by atoms with Crippen LogP contribution in [0.1, 0.15) is 22.1 Å². The first kappa shape index (κ1) is 17.7. The lowest BCUT2D eigenvalue weighted by atomic mass is 10.2. The summed E-state index contributed by atoms with van der Waals surface area (Å²) in [6.07, 6.45) is 4.29. The number of aromatic nitrogens is 7. The minimum atomic E-state index is -0.136. The van der Waals surface area contributed by atoms with Gasteiger partial charge >= 0.3 is 0 Å². The SMILES string of the molecule is Cc1cccc(Cc2nc3c(s2)c2cnn(Cc4ccn(C)n4)c(=O)c2n3C)n1. The average molecular weight is 405 g/mol. The molecule has 0 spiro atoms. The second-order valence-electron chi connectivity index (χ2n) is 7.12. The van der Waals surface area contributed by atoms with Crippen LogP contribution >= 0.6 is 11.3 Å². The zero-order valence-electron chi connectivity index (χ0n) is 16.3. The number of pyridine rings is 1. The zero-order valence-corrected chi connectivity index (χ0v) is 17.1. The molecule has 5 aromatic heterocycles. The standard InChI is InChI=1S/C20H19N7OS/c1-12-5-4-6-13(22-12)9-16-23-19-18(29-16)15-10-21-27(20(28)17(15)26(19)3)11-14-7-8-25(2)24-14/h4-8,10H,9,11H2,1-3H3. The molecule has 29 heavy (non-hydrogen) atoms. The molecular formula is C20H19N7OS. The van der Waals surface area contributed by atoms with E-state index in [-0.39, 0.29) is 5.56 Å². The van der Waals surface area contributed by atoms with E-state index in [9.17, 15) is 4.79 Å². The van der Waals surface area contributed by atoms with Crippen molar-refractivity contribution in [3.05, 3.63) is 69.1 Å². The summed E-state index contributed by atoms with van der Waals surface area (Å²) in [5.74, 6) is 0. The van der Waals surface area contributed by atoms with Gasteiger partial charge < -0.3 is 4.57 Å². The minimum absolute atomic E-state index is 0.136. The molecular weight excluding hydrogens is 386 g/mol. The van der Waals surface area contributed by atoms with Crippen LogP contribution in [-0.4, -0.2) is 34.1 Å². The maximum Gasteiger partial charge on any atom is 0.291 e. The predicted octanol–water partition coefficient (Wildman–Crippen LogP) is 2.42. The maximum atomic E-state index is 13.1. The Kier molecular flexibility index (Phi) is 4.06. The summed E-state index contributed by atoms with van der Waals surface area (Å²) in [5.41, 5.74) is 4.06. The Morgan fingerprint density at radius 3 is 2.72 bits per heavy atom. The summed E-state index contributed by atoms with van der Waals surface area (Å²) in [6, 6.07) is 7.88. The number of rotatable bonds is 4. The van der Waals surface area contributed by atoms with E-state index in [2.05, 4.69) is 15.2 Å². The molecule has 0 saturated carbocycles. The van der Waals surface area contributed by atoms with Gasteiger partial charge in [-0.1, -0.05) is 6.07 Å². The summed E-state index contributed by atoms with van der Waals surface area (Å²) in [4.78, 5) is 22.4. The number of fused-ring (bicyclic) bond motifs is 3. The van der Waals surface area contributed by atoms with Crippen molar-refractivity contribution in [1.82, 2.24) is 34.1 Å². The molecule has 0 amide bonds. The molecule has 0 aliphatic carbocycles. The van der Waals surface area contributed by atoms with Gasteiger partial charge in [0.05, 0.1) is 23.1 Å². The molecule has 8 nitrogen and oxygen atoms in total. The van der Waals surface area contributed by atoms with Gasteiger partial charge in [-0.2, -0.15) is 10.2 Å². The Bertz CT molecular complexity index is 1420. The van der Waals surface area contributed by atoms with E-state index in [1.807, 2.05) is 56.0 Å². The molecule has 5 aromatic rings. The summed E-state index contributed by atoms with van der Waals surface area (Å²) in [6.45, 7) is 2.32. The van der Waals surface area contributed by atoms with Crippen LogP contribution in [0.4, 0.5) is 0 Å². The van der Waals surface area contributed by atoms with Crippen LogP contribution in [0.25, 0.3) is 21.3 Å². The van der Waals surface area contributed by atoms with Crippen LogP contribution in [-0.2, 0) is 27.1 Å². The van der Waals surface area contributed by atoms with Gasteiger partial charge in [0.15, 0.2) is 5.65 Å². The zero-order chi connectivity index (χ0) is 20.1. The molecule has 0 fully saturated rings. The van der Waals surface area contributed by atoms with Crippen molar-refractivity contribution in [1.29, 1.82) is 0 Å². The van der Waals surface area contributed by atoms with E-state index in [1.165, 1.54) is 4.68 Å². The highest BCUT2D eigenvalue weighted by Crippen LogP contribution is 2.31. The largest absolute Gasteiger partial charge is 0.323 e. The summed E-state index contributed by atoms with van der Waals surface area (Å²) >= 11 is 1.59. The third-order valence-electron chi connectivity index (χ3n) is 4.93. The Hall–Kier alpha value is -3.33. The Morgan fingerprint density at radius 1 is 1.10 bits per heavy atom. The van der Waals surface area contributed by atoms with E-state index in [4.69, 9.17) is 4.98 Å². The summed E-state index contributed by atoms with van der Waals surface area (Å²) < 4.78 is 6.02. The van der Waals surface area contributed by atoms with Crippen LogP contribution in [0.2, 0.25) is 0 Å². The molecule has 5 heterocycles. The first-order valence-corrected chi connectivity index (χ1v) is 10.1. The van der Waals surface area contributed by atoms with E-state index in [0.717, 1.165) is 37.8 Å². The lowest BCUT2D eigenvalue weighted by Gasteiger charge is -2.04. The predicted molar refractivity (Wildman–Crippen MR) is 112 cm³/mol. The lowest BCUT2D eigenvalue weighted by molar-refractivity contribution is 0.619. The van der Waals surface area contributed by atoms with Gasteiger partial charge in [-0.3, -0.25) is 14.5 Å². The molecule has 9 heteroatoms. The fourth-order valence-corrected chi connectivity index (χ4v) is 4.70. The van der Waals surface area contributed by atoms with Crippen molar-refractivity contribution in [2.75, 3.05) is 0 Å². The third-order valence-corrected chi connectivity index (χ3v) is 6.01. The van der Waals surface area contributed by atoms with Crippen molar-refractivity contribution in [2.45, 2.75) is 19.9 Å². The van der Waals surface area contributed by atoms with Crippen molar-refractivity contribution >= 4 is 32.6 Å². The Balaban J connectivity index is 1.56. The quantitative estimate of drug-likeness (QED) is 0.459. The fraction of sp³-hybridized carbons (Fsp3) is 0.250. The summed E-state index contributed by atoms with van der Waals surface area (Å²) in [5, 5.41) is 10.5. The van der Waals surface area contributed by atoms with Crippen LogP contribution in [0.3, 0.4) is 0 Å². The van der Waals surface area contributed by atoms with Crippen LogP contribution in [0.5, 0.6) is 0 Å². The number of hydrogen-bond acceptors (Lipinski definition) is 6. The van der Waals surface area contributed by atoms with Crippen LogP contribution < -0.4 is 5.56 Å². The van der Waals surface area contributed by atoms with Gasteiger partial charge in [-0.25, -0.2) is 9.67 Å². The van der Waals surface area contributed by atoms with Gasteiger partial charge in [0.1, 0.15) is 10.5 Å². The highest BCUT2D eigenvalue weighted by Gasteiger charge is 2.18. The van der Waals surface area contributed by atoms with Crippen molar-refractivity contribution in [2.24, 2.45) is 14.1 Å². The van der Waals surface area contributed by atoms with E-state index < -0.39 is 0 Å². The molecule has 5 rings (SSSR count). The molecule has 0 aliphatic heterocycles. The number of nitrogens with zero attached hydrogens (tertiary/aromatic N) is 7. The van der Waals surface area contributed by atoms with Gasteiger partial charge in [0, 0.05) is 43.5 Å². The number of hydrogen-bond donors (Lipinski definition) is 0. The molecule has 0 aliphatic rings. The topological polar surface area (TPSA) is 83.4 Å². The maximum absolute atomic E-state index is 13.1. The minimum Gasteiger partial charge on any atom is -0.323 e. The molecule has 0 bridgehead atoms. The van der Waals surface area contributed by atoms with E-state index >= 15 is 0 Å². The fourth-order valence-electron chi connectivity index (χ4n) is 3.57.